The Labute approximate surface area is 113 Å². The molecule has 18 heavy (non-hydrogen) atoms. The molecule has 0 bridgehead atoms. The van der Waals surface area contributed by atoms with Crippen molar-refractivity contribution in [3.8, 4) is 0 Å². The highest BCUT2D eigenvalue weighted by Gasteiger charge is 2.29. The molecule has 0 aliphatic carbocycles. The lowest BCUT2D eigenvalue weighted by molar-refractivity contribution is 0.0878. The zero-order valence-corrected chi connectivity index (χ0v) is 12.6. The van der Waals surface area contributed by atoms with E-state index in [9.17, 15) is 4.79 Å². The zero-order valence-electron chi connectivity index (χ0n) is 11.8. The first-order chi connectivity index (χ1) is 8.30. The SMILES string of the molecule is CC(C)c1nc(C(=O)NC(C)(CN)C(C)C)cs1. The maximum absolute atomic E-state index is 12.1. The van der Waals surface area contributed by atoms with E-state index >= 15 is 0 Å². The number of carbonyl (C=O) groups is 1. The number of amides is 1. The Kier molecular flexibility index (Phi) is 4.87. The number of aromatic nitrogens is 1. The van der Waals surface area contributed by atoms with Crippen LogP contribution < -0.4 is 11.1 Å². The standard InChI is InChI=1S/C13H23N3OS/c1-8(2)12-15-10(6-18-12)11(17)16-13(5,7-14)9(3)4/h6,8-9H,7,14H2,1-5H3,(H,16,17). The van der Waals surface area contributed by atoms with E-state index in [1.165, 1.54) is 11.3 Å². The molecule has 0 aliphatic heterocycles. The highest BCUT2D eigenvalue weighted by atomic mass is 32.1. The summed E-state index contributed by atoms with van der Waals surface area (Å²) in [5.41, 5.74) is 5.85. The Hall–Kier alpha value is -0.940. The molecule has 1 atom stereocenters. The lowest BCUT2D eigenvalue weighted by atomic mass is 9.88. The van der Waals surface area contributed by atoms with Crippen LogP contribution in [0.25, 0.3) is 0 Å². The third-order valence-corrected chi connectivity index (χ3v) is 4.49. The molecule has 0 aromatic carbocycles. The van der Waals surface area contributed by atoms with Gasteiger partial charge in [0.25, 0.3) is 5.91 Å². The van der Waals surface area contributed by atoms with Gasteiger partial charge in [0.05, 0.1) is 10.5 Å². The van der Waals surface area contributed by atoms with Crippen LogP contribution in [0, 0.1) is 5.92 Å². The molecule has 4 nitrogen and oxygen atoms in total. The Bertz CT molecular complexity index is 414. The molecule has 0 aliphatic rings. The van der Waals surface area contributed by atoms with Crippen molar-refractivity contribution in [3.05, 3.63) is 16.1 Å². The molecule has 5 heteroatoms. The van der Waals surface area contributed by atoms with Crippen LogP contribution in [0.1, 0.15) is 56.0 Å². The second-order valence-electron chi connectivity index (χ2n) is 5.46. The van der Waals surface area contributed by atoms with Crippen molar-refractivity contribution in [2.45, 2.75) is 46.1 Å². The summed E-state index contributed by atoms with van der Waals surface area (Å²) in [7, 11) is 0. The number of hydrogen-bond acceptors (Lipinski definition) is 4. The topological polar surface area (TPSA) is 68.0 Å². The summed E-state index contributed by atoms with van der Waals surface area (Å²) >= 11 is 1.52. The molecular weight excluding hydrogens is 246 g/mol. The van der Waals surface area contributed by atoms with Crippen molar-refractivity contribution < 1.29 is 4.79 Å². The quantitative estimate of drug-likeness (QED) is 0.862. The summed E-state index contributed by atoms with van der Waals surface area (Å²) in [5, 5.41) is 5.78. The zero-order chi connectivity index (χ0) is 13.9. The van der Waals surface area contributed by atoms with Crippen molar-refractivity contribution in [3.63, 3.8) is 0 Å². The Morgan fingerprint density at radius 2 is 2.11 bits per heavy atom. The van der Waals surface area contributed by atoms with E-state index in [0.29, 0.717) is 18.2 Å². The Balaban J connectivity index is 2.81. The van der Waals surface area contributed by atoms with Gasteiger partial charge in [0, 0.05) is 17.8 Å². The number of carbonyl (C=O) groups excluding carboxylic acids is 1. The molecule has 0 saturated heterocycles. The van der Waals surface area contributed by atoms with Gasteiger partial charge in [-0.05, 0) is 12.8 Å². The van der Waals surface area contributed by atoms with E-state index in [0.717, 1.165) is 5.01 Å². The summed E-state index contributed by atoms with van der Waals surface area (Å²) in [6.45, 7) is 10.6. The van der Waals surface area contributed by atoms with Crippen LogP contribution in [0.4, 0.5) is 0 Å². The fraction of sp³-hybridized carbons (Fsp3) is 0.692. The van der Waals surface area contributed by atoms with Crippen molar-refractivity contribution in [2.75, 3.05) is 6.54 Å². The number of nitrogens with one attached hydrogen (secondary N) is 1. The summed E-state index contributed by atoms with van der Waals surface area (Å²) in [4.78, 5) is 16.5. The summed E-state index contributed by atoms with van der Waals surface area (Å²) in [6, 6.07) is 0. The lowest BCUT2D eigenvalue weighted by Crippen LogP contribution is -2.55. The van der Waals surface area contributed by atoms with Crippen LogP contribution in [0.2, 0.25) is 0 Å². The molecule has 0 radical (unpaired) electrons. The predicted molar refractivity (Wildman–Crippen MR) is 76.0 cm³/mol. The summed E-state index contributed by atoms with van der Waals surface area (Å²) in [6.07, 6.45) is 0. The lowest BCUT2D eigenvalue weighted by Gasteiger charge is -2.33. The van der Waals surface area contributed by atoms with Crippen molar-refractivity contribution in [2.24, 2.45) is 11.7 Å². The van der Waals surface area contributed by atoms with Crippen LogP contribution >= 0.6 is 11.3 Å². The molecular formula is C13H23N3OS. The van der Waals surface area contributed by atoms with Gasteiger partial charge >= 0.3 is 0 Å². The molecule has 1 aromatic rings. The number of nitrogens with two attached hydrogens (primary N) is 1. The monoisotopic (exact) mass is 269 g/mol. The van der Waals surface area contributed by atoms with Gasteiger partial charge in [-0.3, -0.25) is 4.79 Å². The van der Waals surface area contributed by atoms with Gasteiger partial charge in [-0.2, -0.15) is 0 Å². The maximum Gasteiger partial charge on any atom is 0.271 e. The van der Waals surface area contributed by atoms with Crippen molar-refractivity contribution >= 4 is 17.2 Å². The minimum absolute atomic E-state index is 0.139. The molecule has 1 aromatic heterocycles. The highest BCUT2D eigenvalue weighted by Crippen LogP contribution is 2.20. The fourth-order valence-corrected chi connectivity index (χ4v) is 2.23. The third kappa shape index (κ3) is 3.29. The van der Waals surface area contributed by atoms with Crippen LogP contribution in [-0.4, -0.2) is 23.0 Å². The molecule has 1 amide bonds. The number of nitrogens with zero attached hydrogens (tertiary/aromatic N) is 1. The van der Waals surface area contributed by atoms with Gasteiger partial charge in [0.1, 0.15) is 5.69 Å². The van der Waals surface area contributed by atoms with E-state index in [1.807, 2.05) is 26.2 Å². The second-order valence-corrected chi connectivity index (χ2v) is 6.35. The number of rotatable bonds is 5. The summed E-state index contributed by atoms with van der Waals surface area (Å²) < 4.78 is 0. The van der Waals surface area contributed by atoms with E-state index in [4.69, 9.17) is 5.73 Å². The molecule has 102 valence electrons. The van der Waals surface area contributed by atoms with Gasteiger partial charge in [-0.25, -0.2) is 4.98 Å². The minimum Gasteiger partial charge on any atom is -0.344 e. The molecule has 3 N–H and O–H groups in total. The first-order valence-electron chi connectivity index (χ1n) is 6.28. The smallest absolute Gasteiger partial charge is 0.271 e. The van der Waals surface area contributed by atoms with Gasteiger partial charge in [-0.1, -0.05) is 27.7 Å². The highest BCUT2D eigenvalue weighted by molar-refractivity contribution is 7.09. The number of hydrogen-bond donors (Lipinski definition) is 2. The maximum atomic E-state index is 12.1. The molecule has 1 unspecified atom stereocenters. The molecule has 1 heterocycles. The summed E-state index contributed by atoms with van der Waals surface area (Å²) in [5.74, 6) is 0.483. The van der Waals surface area contributed by atoms with Crippen molar-refractivity contribution in [1.82, 2.24) is 10.3 Å². The minimum atomic E-state index is -0.390. The molecule has 0 saturated carbocycles. The third-order valence-electron chi connectivity index (χ3n) is 3.35. The van der Waals surface area contributed by atoms with Crippen molar-refractivity contribution in [1.29, 1.82) is 0 Å². The average Bonchev–Trinajstić information content (AvgIpc) is 2.77. The fourth-order valence-electron chi connectivity index (χ4n) is 1.41. The first-order valence-corrected chi connectivity index (χ1v) is 7.16. The van der Waals surface area contributed by atoms with E-state index < -0.39 is 5.54 Å². The Morgan fingerprint density at radius 1 is 1.50 bits per heavy atom. The van der Waals surface area contributed by atoms with Crippen LogP contribution in [-0.2, 0) is 0 Å². The number of thiazole rings is 1. The first kappa shape index (κ1) is 15.1. The van der Waals surface area contributed by atoms with Crippen LogP contribution in [0.3, 0.4) is 0 Å². The van der Waals surface area contributed by atoms with Gasteiger partial charge < -0.3 is 11.1 Å². The molecule has 0 spiro atoms. The predicted octanol–water partition coefficient (Wildman–Crippen LogP) is 2.37. The largest absolute Gasteiger partial charge is 0.344 e. The van der Waals surface area contributed by atoms with Crippen LogP contribution in [0.15, 0.2) is 5.38 Å². The van der Waals surface area contributed by atoms with Crippen LogP contribution in [0.5, 0.6) is 0 Å². The molecule has 0 fully saturated rings. The van der Waals surface area contributed by atoms with Gasteiger partial charge in [-0.15, -0.1) is 11.3 Å². The van der Waals surface area contributed by atoms with E-state index in [-0.39, 0.29) is 11.8 Å². The normalized spacial score (nSPS) is 14.9. The molecule has 1 rings (SSSR count). The Morgan fingerprint density at radius 3 is 2.50 bits per heavy atom. The van der Waals surface area contributed by atoms with E-state index in [1.54, 1.807) is 0 Å². The second kappa shape index (κ2) is 5.80. The average molecular weight is 269 g/mol. The van der Waals surface area contributed by atoms with Gasteiger partial charge in [0.15, 0.2) is 0 Å². The van der Waals surface area contributed by atoms with E-state index in [2.05, 4.69) is 24.1 Å². The van der Waals surface area contributed by atoms with Gasteiger partial charge in [0.2, 0.25) is 0 Å².